The van der Waals surface area contributed by atoms with Gasteiger partial charge in [0.25, 0.3) is 0 Å². The predicted molar refractivity (Wildman–Crippen MR) is 105 cm³/mol. The molecule has 2 aliphatic heterocycles. The lowest BCUT2D eigenvalue weighted by molar-refractivity contribution is -0.152. The number of likely N-dealkylation sites (tertiary alicyclic amines) is 2. The molecular formula is C22H31FN2O3. The van der Waals surface area contributed by atoms with E-state index in [0.717, 1.165) is 64.5 Å². The Morgan fingerprint density at radius 3 is 2.57 bits per heavy atom. The predicted octanol–water partition coefficient (Wildman–Crippen LogP) is 3.09. The van der Waals surface area contributed by atoms with Crippen LogP contribution in [0.5, 0.6) is 5.75 Å². The van der Waals surface area contributed by atoms with E-state index in [4.69, 9.17) is 4.74 Å². The number of halogens is 1. The Balaban J connectivity index is 1.52. The third kappa shape index (κ3) is 3.52. The van der Waals surface area contributed by atoms with Crippen molar-refractivity contribution in [2.24, 2.45) is 0 Å². The van der Waals surface area contributed by atoms with E-state index >= 15 is 0 Å². The minimum absolute atomic E-state index is 0.217. The number of aliphatic hydroxyl groups is 1. The van der Waals surface area contributed by atoms with Crippen molar-refractivity contribution in [1.29, 1.82) is 0 Å². The van der Waals surface area contributed by atoms with Gasteiger partial charge in [-0.05, 0) is 64.0 Å². The highest BCUT2D eigenvalue weighted by molar-refractivity contribution is 5.88. The number of ether oxygens (including phenoxy) is 1. The maximum absolute atomic E-state index is 14.5. The third-order valence-electron chi connectivity index (χ3n) is 7.00. The van der Waals surface area contributed by atoms with Gasteiger partial charge in [0.15, 0.2) is 0 Å². The Morgan fingerprint density at radius 1 is 1.18 bits per heavy atom. The first-order valence-electron chi connectivity index (χ1n) is 10.6. The molecule has 5 nitrogen and oxygen atoms in total. The van der Waals surface area contributed by atoms with E-state index in [-0.39, 0.29) is 23.9 Å². The highest BCUT2D eigenvalue weighted by Crippen LogP contribution is 2.41. The molecule has 154 valence electrons. The number of carbonyl (C=O) groups excluding carboxylic acids is 1. The first-order chi connectivity index (χ1) is 13.5. The molecule has 1 aromatic rings. The number of amides is 1. The average Bonchev–Trinajstić information content (AvgIpc) is 3.09. The molecule has 3 fully saturated rings. The number of nitrogens with zero attached hydrogens (tertiary/aromatic N) is 2. The van der Waals surface area contributed by atoms with Crippen molar-refractivity contribution in [3.05, 3.63) is 29.6 Å². The number of rotatable bonds is 4. The summed E-state index contributed by atoms with van der Waals surface area (Å²) >= 11 is 0. The molecule has 1 N–H and O–H groups in total. The second-order valence-corrected chi connectivity index (χ2v) is 8.58. The van der Waals surface area contributed by atoms with Crippen LogP contribution >= 0.6 is 0 Å². The maximum Gasteiger partial charge on any atom is 0.243 e. The average molecular weight is 390 g/mol. The number of hydrogen-bond acceptors (Lipinski definition) is 4. The molecule has 1 atom stereocenters. The molecule has 1 aromatic carbocycles. The van der Waals surface area contributed by atoms with Gasteiger partial charge in [0, 0.05) is 30.8 Å². The zero-order chi connectivity index (χ0) is 19.7. The first-order valence-corrected chi connectivity index (χ1v) is 10.6. The van der Waals surface area contributed by atoms with Crippen molar-refractivity contribution in [2.45, 2.75) is 75.6 Å². The highest BCUT2D eigenvalue weighted by atomic mass is 19.1. The first kappa shape index (κ1) is 19.6. The summed E-state index contributed by atoms with van der Waals surface area (Å²) in [6.45, 7) is 2.10. The Kier molecular flexibility index (Phi) is 5.61. The lowest BCUT2D eigenvalue weighted by Gasteiger charge is -2.48. The fourth-order valence-electron chi connectivity index (χ4n) is 5.41. The SMILES string of the molecule is COc1ccc(CN2CCCC23CCCN(C2CCC(O)CC2)C3=O)c(F)c1. The second kappa shape index (κ2) is 7.99. The standard InChI is InChI=1S/C22H31FN2O3/c1-28-19-9-4-16(20(23)14-19)15-24-12-2-10-22(24)11-3-13-25(21(22)27)17-5-7-18(26)8-6-17/h4,9,14,17-18,26H,2-3,5-8,10-13,15H2,1H3. The quantitative estimate of drug-likeness (QED) is 0.858. The molecule has 2 heterocycles. The van der Waals surface area contributed by atoms with Crippen molar-refractivity contribution in [3.8, 4) is 5.75 Å². The molecule has 1 spiro atoms. The zero-order valence-electron chi connectivity index (χ0n) is 16.7. The Hall–Kier alpha value is -1.66. The van der Waals surface area contributed by atoms with Crippen LogP contribution < -0.4 is 4.74 Å². The third-order valence-corrected chi connectivity index (χ3v) is 7.00. The van der Waals surface area contributed by atoms with Gasteiger partial charge in [-0.3, -0.25) is 9.69 Å². The van der Waals surface area contributed by atoms with Gasteiger partial charge in [-0.1, -0.05) is 6.07 Å². The van der Waals surface area contributed by atoms with Crippen molar-refractivity contribution < 1.29 is 19.0 Å². The summed E-state index contributed by atoms with van der Waals surface area (Å²) < 4.78 is 19.6. The molecule has 1 unspecified atom stereocenters. The van der Waals surface area contributed by atoms with Crippen molar-refractivity contribution in [3.63, 3.8) is 0 Å². The topological polar surface area (TPSA) is 53.0 Å². The molecule has 1 aliphatic carbocycles. The smallest absolute Gasteiger partial charge is 0.243 e. The van der Waals surface area contributed by atoms with E-state index in [1.54, 1.807) is 12.1 Å². The van der Waals surface area contributed by atoms with Gasteiger partial charge >= 0.3 is 0 Å². The minimum atomic E-state index is -0.485. The van der Waals surface area contributed by atoms with Crippen molar-refractivity contribution in [1.82, 2.24) is 9.80 Å². The van der Waals surface area contributed by atoms with E-state index in [9.17, 15) is 14.3 Å². The molecule has 0 radical (unpaired) electrons. The molecule has 0 aromatic heterocycles. The number of piperidine rings is 1. The van der Waals surface area contributed by atoms with Crippen LogP contribution in [0.2, 0.25) is 0 Å². The van der Waals surface area contributed by atoms with Gasteiger partial charge in [-0.25, -0.2) is 4.39 Å². The number of carbonyl (C=O) groups is 1. The second-order valence-electron chi connectivity index (χ2n) is 8.58. The van der Waals surface area contributed by atoms with Crippen LogP contribution in [0.4, 0.5) is 4.39 Å². The van der Waals surface area contributed by atoms with E-state index in [2.05, 4.69) is 9.80 Å². The van der Waals surface area contributed by atoms with Crippen LogP contribution in [-0.4, -0.2) is 58.7 Å². The monoisotopic (exact) mass is 390 g/mol. The van der Waals surface area contributed by atoms with E-state index in [1.165, 1.54) is 13.2 Å². The van der Waals surface area contributed by atoms with Gasteiger partial charge in [0.1, 0.15) is 17.1 Å². The Morgan fingerprint density at radius 2 is 1.89 bits per heavy atom. The summed E-state index contributed by atoms with van der Waals surface area (Å²) in [6, 6.07) is 5.21. The summed E-state index contributed by atoms with van der Waals surface area (Å²) in [5.41, 5.74) is 0.133. The number of benzene rings is 1. The lowest BCUT2D eigenvalue weighted by Crippen LogP contribution is -2.62. The van der Waals surface area contributed by atoms with Gasteiger partial charge in [-0.15, -0.1) is 0 Å². The number of hydrogen-bond donors (Lipinski definition) is 1. The van der Waals surface area contributed by atoms with Gasteiger partial charge in [0.05, 0.1) is 13.2 Å². The van der Waals surface area contributed by atoms with Crippen LogP contribution in [0.25, 0.3) is 0 Å². The van der Waals surface area contributed by atoms with Gasteiger partial charge < -0.3 is 14.7 Å². The molecule has 4 rings (SSSR count). The normalized spacial score (nSPS) is 31.5. The molecule has 0 bridgehead atoms. The Bertz CT molecular complexity index is 720. The summed E-state index contributed by atoms with van der Waals surface area (Å²) in [5.74, 6) is 0.464. The molecule has 6 heteroatoms. The molecule has 1 amide bonds. The van der Waals surface area contributed by atoms with Crippen LogP contribution in [-0.2, 0) is 11.3 Å². The Labute approximate surface area is 166 Å². The number of methoxy groups -OCH3 is 1. The van der Waals surface area contributed by atoms with Crippen LogP contribution in [0.15, 0.2) is 18.2 Å². The van der Waals surface area contributed by atoms with Crippen LogP contribution in [0.3, 0.4) is 0 Å². The summed E-state index contributed by atoms with van der Waals surface area (Å²) in [5, 5.41) is 9.81. The van der Waals surface area contributed by atoms with Crippen molar-refractivity contribution >= 4 is 5.91 Å². The van der Waals surface area contributed by atoms with Crippen LogP contribution in [0.1, 0.15) is 56.9 Å². The summed E-state index contributed by atoms with van der Waals surface area (Å²) in [4.78, 5) is 17.9. The molecule has 1 saturated carbocycles. The number of aliphatic hydroxyl groups excluding tert-OH is 1. The van der Waals surface area contributed by atoms with E-state index in [1.807, 2.05) is 0 Å². The van der Waals surface area contributed by atoms with Crippen molar-refractivity contribution in [2.75, 3.05) is 20.2 Å². The van der Waals surface area contributed by atoms with Gasteiger partial charge in [0.2, 0.25) is 5.91 Å². The highest BCUT2D eigenvalue weighted by Gasteiger charge is 2.52. The fraction of sp³-hybridized carbons (Fsp3) is 0.682. The molecule has 2 saturated heterocycles. The molecular weight excluding hydrogens is 359 g/mol. The summed E-state index contributed by atoms with van der Waals surface area (Å²) in [7, 11) is 1.53. The van der Waals surface area contributed by atoms with Gasteiger partial charge in [-0.2, -0.15) is 0 Å². The molecule has 3 aliphatic rings. The zero-order valence-corrected chi connectivity index (χ0v) is 16.7. The van der Waals surface area contributed by atoms with Crippen LogP contribution in [0, 0.1) is 5.82 Å². The van der Waals surface area contributed by atoms with E-state index < -0.39 is 5.54 Å². The largest absolute Gasteiger partial charge is 0.497 e. The lowest BCUT2D eigenvalue weighted by atomic mass is 9.82. The fourth-order valence-corrected chi connectivity index (χ4v) is 5.41. The maximum atomic E-state index is 14.5. The minimum Gasteiger partial charge on any atom is -0.497 e. The molecule has 28 heavy (non-hydrogen) atoms. The van der Waals surface area contributed by atoms with E-state index in [0.29, 0.717) is 17.9 Å². The summed E-state index contributed by atoms with van der Waals surface area (Å²) in [6.07, 6.45) is 6.79.